The number of hydrogen-bond acceptors (Lipinski definition) is 4. The van der Waals surface area contributed by atoms with Crippen LogP contribution in [0, 0.1) is 13.8 Å². The van der Waals surface area contributed by atoms with Gasteiger partial charge in [-0.1, -0.05) is 48.9 Å². The molecule has 0 saturated carbocycles. The molecule has 0 bridgehead atoms. The van der Waals surface area contributed by atoms with E-state index in [0.29, 0.717) is 10.7 Å². The summed E-state index contributed by atoms with van der Waals surface area (Å²) in [5, 5.41) is 3.31. The summed E-state index contributed by atoms with van der Waals surface area (Å²) >= 11 is 6.22. The van der Waals surface area contributed by atoms with Crippen LogP contribution in [0.2, 0.25) is 5.02 Å². The first-order valence-electron chi connectivity index (χ1n) is 11.2. The van der Waals surface area contributed by atoms with Gasteiger partial charge >= 0.3 is 0 Å². The Hall–Kier alpha value is -2.58. The molecule has 9 heteroatoms. The van der Waals surface area contributed by atoms with E-state index in [2.05, 4.69) is 5.32 Å². The van der Waals surface area contributed by atoms with Crippen molar-refractivity contribution in [2.24, 2.45) is 0 Å². The number of halogens is 1. The maximum Gasteiger partial charge on any atom is 0.244 e. The fourth-order valence-electron chi connectivity index (χ4n) is 3.37. The van der Waals surface area contributed by atoms with Gasteiger partial charge in [0.05, 0.1) is 11.9 Å². The minimum absolute atomic E-state index is 0.0485. The van der Waals surface area contributed by atoms with Crippen LogP contribution in [0.15, 0.2) is 42.5 Å². The van der Waals surface area contributed by atoms with Gasteiger partial charge in [0, 0.05) is 17.6 Å². The van der Waals surface area contributed by atoms with Crippen LogP contribution in [0.4, 0.5) is 5.69 Å². The quantitative estimate of drug-likeness (QED) is 0.525. The molecule has 2 rings (SSSR count). The lowest BCUT2D eigenvalue weighted by Crippen LogP contribution is -2.52. The third-order valence-electron chi connectivity index (χ3n) is 5.89. The fourth-order valence-corrected chi connectivity index (χ4v) is 4.39. The Kier molecular flexibility index (Phi) is 9.53. The third-order valence-corrected chi connectivity index (χ3v) is 7.44. The van der Waals surface area contributed by atoms with Crippen LogP contribution in [0.3, 0.4) is 0 Å². The molecule has 2 amide bonds. The first-order chi connectivity index (χ1) is 15.8. The summed E-state index contributed by atoms with van der Waals surface area (Å²) in [4.78, 5) is 27.9. The number of amides is 2. The molecule has 0 heterocycles. The Labute approximate surface area is 208 Å². The summed E-state index contributed by atoms with van der Waals surface area (Å²) in [7, 11) is -3.80. The molecule has 1 N–H and O–H groups in total. The Balaban J connectivity index is 2.42. The van der Waals surface area contributed by atoms with Gasteiger partial charge < -0.3 is 10.2 Å². The molecule has 186 valence electrons. The Bertz CT molecular complexity index is 1140. The summed E-state index contributed by atoms with van der Waals surface area (Å²) in [5.41, 5.74) is 2.93. The SMILES string of the molecule is CC[C@H](C)NC(=O)[C@@H](C)N(Cc1ccccc1C)C(=O)CN(c1ccc(C)c(Cl)c1)S(C)(=O)=O. The molecule has 0 spiro atoms. The second-order valence-corrected chi connectivity index (χ2v) is 11.0. The van der Waals surface area contributed by atoms with Crippen molar-refractivity contribution in [2.45, 2.75) is 59.7 Å². The van der Waals surface area contributed by atoms with Crippen LogP contribution in [-0.2, 0) is 26.2 Å². The summed E-state index contributed by atoms with van der Waals surface area (Å²) in [6, 6.07) is 11.6. The van der Waals surface area contributed by atoms with Crippen molar-refractivity contribution < 1.29 is 18.0 Å². The molecule has 34 heavy (non-hydrogen) atoms. The lowest BCUT2D eigenvalue weighted by molar-refractivity contribution is -0.139. The molecule has 0 aromatic heterocycles. The summed E-state index contributed by atoms with van der Waals surface area (Å²) in [6.07, 6.45) is 1.79. The molecule has 2 aromatic rings. The van der Waals surface area contributed by atoms with Gasteiger partial charge in [0.25, 0.3) is 0 Å². The fraction of sp³-hybridized carbons (Fsp3) is 0.440. The lowest BCUT2D eigenvalue weighted by Gasteiger charge is -2.32. The molecule has 0 aliphatic carbocycles. The number of carbonyl (C=O) groups is 2. The second kappa shape index (κ2) is 11.7. The van der Waals surface area contributed by atoms with E-state index < -0.39 is 28.5 Å². The molecule has 0 aliphatic heterocycles. The predicted molar refractivity (Wildman–Crippen MR) is 137 cm³/mol. The zero-order valence-electron chi connectivity index (χ0n) is 20.6. The van der Waals surface area contributed by atoms with Crippen LogP contribution < -0.4 is 9.62 Å². The monoisotopic (exact) mass is 507 g/mol. The highest BCUT2D eigenvalue weighted by molar-refractivity contribution is 7.92. The van der Waals surface area contributed by atoms with Gasteiger partial charge in [-0.15, -0.1) is 0 Å². The number of hydrogen-bond donors (Lipinski definition) is 1. The summed E-state index contributed by atoms with van der Waals surface area (Å²) < 4.78 is 26.3. The Morgan fingerprint density at radius 1 is 1.06 bits per heavy atom. The average molecular weight is 508 g/mol. The van der Waals surface area contributed by atoms with E-state index in [0.717, 1.165) is 33.7 Å². The maximum absolute atomic E-state index is 13.5. The van der Waals surface area contributed by atoms with Gasteiger partial charge in [-0.3, -0.25) is 13.9 Å². The third kappa shape index (κ3) is 7.21. The number of nitrogens with one attached hydrogen (secondary N) is 1. The molecular formula is C25H34ClN3O4S. The Morgan fingerprint density at radius 3 is 2.26 bits per heavy atom. The van der Waals surface area contributed by atoms with Crippen molar-refractivity contribution in [3.05, 3.63) is 64.2 Å². The van der Waals surface area contributed by atoms with Crippen molar-refractivity contribution in [1.82, 2.24) is 10.2 Å². The number of nitrogens with zero attached hydrogens (tertiary/aromatic N) is 2. The Morgan fingerprint density at radius 2 is 1.71 bits per heavy atom. The van der Waals surface area contributed by atoms with Crippen LogP contribution in [0.25, 0.3) is 0 Å². The second-order valence-electron chi connectivity index (χ2n) is 8.65. The predicted octanol–water partition coefficient (Wildman–Crippen LogP) is 4.05. The van der Waals surface area contributed by atoms with Crippen LogP contribution in [0.5, 0.6) is 0 Å². The molecule has 7 nitrogen and oxygen atoms in total. The molecule has 0 aliphatic rings. The van der Waals surface area contributed by atoms with Crippen molar-refractivity contribution >= 4 is 39.1 Å². The van der Waals surface area contributed by atoms with E-state index in [4.69, 9.17) is 11.6 Å². The first kappa shape index (κ1) is 27.7. The molecule has 2 atom stereocenters. The standard InChI is InChI=1S/C25H34ClN3O4S/c1-7-19(4)27-25(31)20(5)28(15-21-11-9-8-10-17(21)2)24(30)16-29(34(6,32)33)22-13-12-18(3)23(26)14-22/h8-14,19-20H,7,15-16H2,1-6H3,(H,27,31)/t19-,20+/m0/s1. The van der Waals surface area contributed by atoms with Crippen molar-refractivity contribution in [2.75, 3.05) is 17.1 Å². The molecule has 0 radical (unpaired) electrons. The van der Waals surface area contributed by atoms with Gasteiger partial charge in [0.2, 0.25) is 21.8 Å². The molecular weight excluding hydrogens is 474 g/mol. The van der Waals surface area contributed by atoms with Crippen molar-refractivity contribution in [1.29, 1.82) is 0 Å². The highest BCUT2D eigenvalue weighted by Gasteiger charge is 2.30. The van der Waals surface area contributed by atoms with E-state index >= 15 is 0 Å². The van der Waals surface area contributed by atoms with E-state index in [9.17, 15) is 18.0 Å². The number of rotatable bonds is 10. The summed E-state index contributed by atoms with van der Waals surface area (Å²) in [5.74, 6) is -0.780. The zero-order chi connectivity index (χ0) is 25.6. The molecule has 0 saturated heterocycles. The van der Waals surface area contributed by atoms with Crippen molar-refractivity contribution in [3.63, 3.8) is 0 Å². The smallest absolute Gasteiger partial charge is 0.244 e. The van der Waals surface area contributed by atoms with Gasteiger partial charge in [0.15, 0.2) is 0 Å². The van der Waals surface area contributed by atoms with Crippen LogP contribution >= 0.6 is 11.6 Å². The maximum atomic E-state index is 13.5. The topological polar surface area (TPSA) is 86.8 Å². The normalized spacial score (nSPS) is 13.1. The number of carbonyl (C=O) groups excluding carboxylic acids is 2. The number of benzene rings is 2. The molecule has 2 aromatic carbocycles. The van der Waals surface area contributed by atoms with Gasteiger partial charge in [-0.25, -0.2) is 8.42 Å². The average Bonchev–Trinajstić information content (AvgIpc) is 2.77. The lowest BCUT2D eigenvalue weighted by atomic mass is 10.1. The van der Waals surface area contributed by atoms with Crippen LogP contribution in [-0.4, -0.2) is 50.0 Å². The molecule has 0 unspecified atom stereocenters. The van der Waals surface area contributed by atoms with E-state index in [1.165, 1.54) is 11.0 Å². The highest BCUT2D eigenvalue weighted by Crippen LogP contribution is 2.25. The molecule has 0 fully saturated rings. The van der Waals surface area contributed by atoms with Gasteiger partial charge in [-0.05, 0) is 62.9 Å². The minimum Gasteiger partial charge on any atom is -0.352 e. The number of anilines is 1. The largest absolute Gasteiger partial charge is 0.352 e. The van der Waals surface area contributed by atoms with Crippen LogP contribution in [0.1, 0.15) is 43.9 Å². The number of aryl methyl sites for hydroxylation is 2. The first-order valence-corrected chi connectivity index (χ1v) is 13.5. The minimum atomic E-state index is -3.80. The van der Waals surface area contributed by atoms with Crippen molar-refractivity contribution in [3.8, 4) is 0 Å². The zero-order valence-corrected chi connectivity index (χ0v) is 22.2. The number of sulfonamides is 1. The van der Waals surface area contributed by atoms with Gasteiger partial charge in [-0.2, -0.15) is 0 Å². The summed E-state index contributed by atoms with van der Waals surface area (Å²) in [6.45, 7) is 8.97. The highest BCUT2D eigenvalue weighted by atomic mass is 35.5. The van der Waals surface area contributed by atoms with Gasteiger partial charge in [0.1, 0.15) is 12.6 Å². The van der Waals surface area contributed by atoms with E-state index in [1.807, 2.05) is 52.0 Å². The van der Waals surface area contributed by atoms with E-state index in [-0.39, 0.29) is 18.5 Å². The van der Waals surface area contributed by atoms with E-state index in [1.54, 1.807) is 19.1 Å².